The van der Waals surface area contributed by atoms with Gasteiger partial charge in [0.15, 0.2) is 0 Å². The highest BCUT2D eigenvalue weighted by atomic mass is 127. The fourth-order valence-corrected chi connectivity index (χ4v) is 1.87. The first-order chi connectivity index (χ1) is 8.69. The van der Waals surface area contributed by atoms with Crippen molar-refractivity contribution in [1.82, 2.24) is 0 Å². The second kappa shape index (κ2) is 5.86. The summed E-state index contributed by atoms with van der Waals surface area (Å²) in [6.45, 7) is 0. The molecule has 0 aliphatic carbocycles. The van der Waals surface area contributed by atoms with Gasteiger partial charge < -0.3 is 10.1 Å². The van der Waals surface area contributed by atoms with Crippen LogP contribution in [0.4, 0.5) is 11.4 Å². The lowest BCUT2D eigenvalue weighted by Gasteiger charge is -2.07. The summed E-state index contributed by atoms with van der Waals surface area (Å²) in [7, 11) is 1.38. The molecule has 92 valence electrons. The first kappa shape index (κ1) is 12.9. The van der Waals surface area contributed by atoms with Gasteiger partial charge in [-0.1, -0.05) is 0 Å². The Morgan fingerprint density at radius 2 is 1.50 bits per heavy atom. The maximum Gasteiger partial charge on any atom is 0.337 e. The Kier molecular flexibility index (Phi) is 4.19. The molecule has 0 unspecified atom stereocenters. The molecule has 0 aliphatic rings. The summed E-state index contributed by atoms with van der Waals surface area (Å²) in [6, 6.07) is 15.3. The standard InChI is InChI=1S/C14H12INO2/c1-18-14(17)10-2-6-12(7-3-10)16-13-8-4-11(15)5-9-13/h2-9,16H,1H3. The van der Waals surface area contributed by atoms with Crippen LogP contribution in [0.2, 0.25) is 0 Å². The Bertz CT molecular complexity index is 535. The SMILES string of the molecule is COC(=O)c1ccc(Nc2ccc(I)cc2)cc1. The maximum atomic E-state index is 11.3. The number of benzene rings is 2. The first-order valence-electron chi connectivity index (χ1n) is 5.40. The van der Waals surface area contributed by atoms with E-state index in [2.05, 4.69) is 32.6 Å². The van der Waals surface area contributed by atoms with Crippen LogP contribution in [-0.4, -0.2) is 13.1 Å². The molecule has 4 heteroatoms. The summed E-state index contributed by atoms with van der Waals surface area (Å²) in [4.78, 5) is 11.3. The van der Waals surface area contributed by atoms with Crippen molar-refractivity contribution in [3.05, 3.63) is 57.7 Å². The number of nitrogens with one attached hydrogen (secondary N) is 1. The van der Waals surface area contributed by atoms with E-state index >= 15 is 0 Å². The zero-order valence-corrected chi connectivity index (χ0v) is 12.0. The van der Waals surface area contributed by atoms with Crippen LogP contribution in [0, 0.1) is 3.57 Å². The van der Waals surface area contributed by atoms with Crippen molar-refractivity contribution in [3.8, 4) is 0 Å². The lowest BCUT2D eigenvalue weighted by Crippen LogP contribution is -2.00. The van der Waals surface area contributed by atoms with Crippen molar-refractivity contribution >= 4 is 39.9 Å². The quantitative estimate of drug-likeness (QED) is 0.674. The summed E-state index contributed by atoms with van der Waals surface area (Å²) in [6.07, 6.45) is 0. The van der Waals surface area contributed by atoms with Crippen LogP contribution in [0.1, 0.15) is 10.4 Å². The number of carbonyl (C=O) groups is 1. The summed E-state index contributed by atoms with van der Waals surface area (Å²) < 4.78 is 5.84. The van der Waals surface area contributed by atoms with Gasteiger partial charge in [0.25, 0.3) is 0 Å². The topological polar surface area (TPSA) is 38.3 Å². The Balaban J connectivity index is 2.10. The molecule has 0 heterocycles. The number of carbonyl (C=O) groups excluding carboxylic acids is 1. The third-order valence-corrected chi connectivity index (χ3v) is 3.16. The van der Waals surface area contributed by atoms with E-state index in [-0.39, 0.29) is 5.97 Å². The molecule has 0 atom stereocenters. The molecule has 2 aromatic carbocycles. The number of hydrogen-bond donors (Lipinski definition) is 1. The van der Waals surface area contributed by atoms with Gasteiger partial charge in [0.1, 0.15) is 0 Å². The van der Waals surface area contributed by atoms with E-state index < -0.39 is 0 Å². The zero-order valence-electron chi connectivity index (χ0n) is 9.81. The lowest BCUT2D eigenvalue weighted by molar-refractivity contribution is 0.0601. The van der Waals surface area contributed by atoms with E-state index in [0.29, 0.717) is 5.56 Å². The number of halogens is 1. The summed E-state index contributed by atoms with van der Waals surface area (Å²) in [5.41, 5.74) is 2.50. The molecule has 0 aromatic heterocycles. The first-order valence-corrected chi connectivity index (χ1v) is 6.48. The summed E-state index contributed by atoms with van der Waals surface area (Å²) in [5.74, 6) is -0.323. The highest BCUT2D eigenvalue weighted by molar-refractivity contribution is 14.1. The fraction of sp³-hybridized carbons (Fsp3) is 0.0714. The minimum Gasteiger partial charge on any atom is -0.465 e. The summed E-state index contributed by atoms with van der Waals surface area (Å²) >= 11 is 2.26. The highest BCUT2D eigenvalue weighted by Crippen LogP contribution is 2.18. The molecule has 0 radical (unpaired) electrons. The van der Waals surface area contributed by atoms with Crippen molar-refractivity contribution < 1.29 is 9.53 Å². The smallest absolute Gasteiger partial charge is 0.337 e. The molecule has 0 spiro atoms. The third-order valence-electron chi connectivity index (χ3n) is 2.44. The van der Waals surface area contributed by atoms with E-state index in [0.717, 1.165) is 11.4 Å². The second-order valence-electron chi connectivity index (χ2n) is 3.70. The Morgan fingerprint density at radius 1 is 1.00 bits per heavy atom. The van der Waals surface area contributed by atoms with Gasteiger partial charge in [0.05, 0.1) is 12.7 Å². The Labute approximate surface area is 119 Å². The predicted octanol–water partition coefficient (Wildman–Crippen LogP) is 3.82. The predicted molar refractivity (Wildman–Crippen MR) is 80.2 cm³/mol. The number of rotatable bonds is 3. The molecule has 0 aliphatic heterocycles. The largest absolute Gasteiger partial charge is 0.465 e. The number of methoxy groups -OCH3 is 1. The van der Waals surface area contributed by atoms with Crippen LogP contribution in [0.5, 0.6) is 0 Å². The van der Waals surface area contributed by atoms with Gasteiger partial charge in [-0.15, -0.1) is 0 Å². The number of hydrogen-bond acceptors (Lipinski definition) is 3. The molecule has 0 saturated carbocycles. The molecule has 0 fully saturated rings. The molecule has 3 nitrogen and oxygen atoms in total. The molecule has 2 rings (SSSR count). The molecular weight excluding hydrogens is 341 g/mol. The lowest BCUT2D eigenvalue weighted by atomic mass is 10.2. The van der Waals surface area contributed by atoms with Crippen molar-refractivity contribution in [2.75, 3.05) is 12.4 Å². The van der Waals surface area contributed by atoms with Crippen LogP contribution in [0.3, 0.4) is 0 Å². The minimum absolute atomic E-state index is 0.323. The van der Waals surface area contributed by atoms with Crippen LogP contribution in [-0.2, 0) is 4.74 Å². The van der Waals surface area contributed by atoms with Crippen LogP contribution in [0.25, 0.3) is 0 Å². The van der Waals surface area contributed by atoms with E-state index in [1.165, 1.54) is 10.7 Å². The normalized spacial score (nSPS) is 9.89. The third kappa shape index (κ3) is 3.22. The number of esters is 1. The van der Waals surface area contributed by atoms with E-state index in [4.69, 9.17) is 0 Å². The molecular formula is C14H12INO2. The molecule has 0 saturated heterocycles. The number of ether oxygens (including phenoxy) is 1. The summed E-state index contributed by atoms with van der Waals surface area (Å²) in [5, 5.41) is 3.26. The van der Waals surface area contributed by atoms with Crippen LogP contribution in [0.15, 0.2) is 48.5 Å². The van der Waals surface area contributed by atoms with Crippen molar-refractivity contribution in [2.45, 2.75) is 0 Å². The van der Waals surface area contributed by atoms with Gasteiger partial charge in [-0.3, -0.25) is 0 Å². The van der Waals surface area contributed by atoms with Crippen LogP contribution < -0.4 is 5.32 Å². The van der Waals surface area contributed by atoms with Gasteiger partial charge in [0.2, 0.25) is 0 Å². The monoisotopic (exact) mass is 353 g/mol. The maximum absolute atomic E-state index is 11.3. The molecule has 0 bridgehead atoms. The average molecular weight is 353 g/mol. The van der Waals surface area contributed by atoms with Crippen molar-refractivity contribution in [3.63, 3.8) is 0 Å². The highest BCUT2D eigenvalue weighted by Gasteiger charge is 2.04. The van der Waals surface area contributed by atoms with E-state index in [1.807, 2.05) is 36.4 Å². The van der Waals surface area contributed by atoms with E-state index in [9.17, 15) is 4.79 Å². The van der Waals surface area contributed by atoms with Crippen LogP contribution >= 0.6 is 22.6 Å². The van der Waals surface area contributed by atoms with Gasteiger partial charge in [-0.2, -0.15) is 0 Å². The van der Waals surface area contributed by atoms with Gasteiger partial charge in [-0.25, -0.2) is 4.79 Å². The fourth-order valence-electron chi connectivity index (χ4n) is 1.51. The molecule has 2 aromatic rings. The number of anilines is 2. The Hall–Kier alpha value is -1.56. The van der Waals surface area contributed by atoms with Crippen molar-refractivity contribution in [1.29, 1.82) is 0 Å². The van der Waals surface area contributed by atoms with Gasteiger partial charge in [0, 0.05) is 14.9 Å². The van der Waals surface area contributed by atoms with E-state index in [1.54, 1.807) is 12.1 Å². The molecule has 1 N–H and O–H groups in total. The van der Waals surface area contributed by atoms with Crippen molar-refractivity contribution in [2.24, 2.45) is 0 Å². The average Bonchev–Trinajstić information content (AvgIpc) is 2.41. The Morgan fingerprint density at radius 3 is 2.00 bits per heavy atom. The molecule has 0 amide bonds. The molecule has 18 heavy (non-hydrogen) atoms. The van der Waals surface area contributed by atoms with Gasteiger partial charge in [-0.05, 0) is 71.1 Å². The zero-order chi connectivity index (χ0) is 13.0. The minimum atomic E-state index is -0.323. The van der Waals surface area contributed by atoms with Gasteiger partial charge >= 0.3 is 5.97 Å². The second-order valence-corrected chi connectivity index (χ2v) is 4.95.